The lowest BCUT2D eigenvalue weighted by Gasteiger charge is -2.51. The van der Waals surface area contributed by atoms with E-state index in [2.05, 4.69) is 41.5 Å². The van der Waals surface area contributed by atoms with Gasteiger partial charge in [0, 0.05) is 0 Å². The molecule has 0 bridgehead atoms. The minimum Gasteiger partial charge on any atom is -0.493 e. The first kappa shape index (κ1) is 73.0. The molecule has 0 N–H and O–H groups in total. The van der Waals surface area contributed by atoms with Crippen LogP contribution in [-0.2, 0) is 117 Å². The van der Waals surface area contributed by atoms with Gasteiger partial charge in [-0.2, -0.15) is 0 Å². The number of rotatable bonds is 34. The second-order valence-corrected chi connectivity index (χ2v) is 32.8. The van der Waals surface area contributed by atoms with Crippen LogP contribution >= 0.6 is 0 Å². The zero-order valence-corrected chi connectivity index (χ0v) is 58.8. The number of carbonyl (C=O) groups excluding carboxylic acids is 1. The molecule has 0 spiro atoms. The third-order valence-electron chi connectivity index (χ3n) is 18.3. The molecule has 16 heteroatoms. The van der Waals surface area contributed by atoms with Crippen LogP contribution in [0.5, 0.6) is 0 Å². The summed E-state index contributed by atoms with van der Waals surface area (Å²) in [6, 6.07) is 69.9. The van der Waals surface area contributed by atoms with Gasteiger partial charge in [-0.15, -0.1) is 0 Å². The molecule has 3 heterocycles. The number of esters is 1. The molecular weight excluding hydrogens is 1240 g/mol. The maximum atomic E-state index is 15.0. The Hall–Kier alpha value is -6.71. The maximum absolute atomic E-state index is 15.0. The van der Waals surface area contributed by atoms with Crippen LogP contribution in [0.25, 0.3) is 0 Å². The van der Waals surface area contributed by atoms with Gasteiger partial charge in [0.05, 0.1) is 77.7 Å². The summed E-state index contributed by atoms with van der Waals surface area (Å²) in [5, 5.41) is 0. The fourth-order valence-electron chi connectivity index (χ4n) is 13.3. The predicted molar refractivity (Wildman–Crippen MR) is 375 cm³/mol. The summed E-state index contributed by atoms with van der Waals surface area (Å²) in [5.74, 6) is -0.511. The summed E-state index contributed by atoms with van der Waals surface area (Å²) >= 11 is 0. The van der Waals surface area contributed by atoms with Gasteiger partial charge in [-0.05, 0) is 82.4 Å². The SMILES string of the molecule is CC(C)[Si](OC[C@H]1O[C@@H](O[C@H]2[C@H](OC[C@H]3OC=C[C@@H](OCc4ccccc4)[C@@H]3OCc3ccccc3)O[C@H](COCc3ccccc3)[C@@H](OCc3ccccc3)[C@@H]2OCc2ccccc2)[C@H](OC(=O)C(C)(C)C)[C@@H](OCc2ccccc2)[C@H]1OCc1ccccc1)(C(C)C)C(C)C. The van der Waals surface area contributed by atoms with Crippen molar-refractivity contribution < 1.29 is 70.8 Å². The third kappa shape index (κ3) is 20.5. The van der Waals surface area contributed by atoms with E-state index in [0.29, 0.717) is 6.61 Å². The van der Waals surface area contributed by atoms with Crippen LogP contribution in [0, 0.1) is 5.41 Å². The second kappa shape index (κ2) is 36.4. The van der Waals surface area contributed by atoms with Gasteiger partial charge in [-0.25, -0.2) is 0 Å². The van der Waals surface area contributed by atoms with Crippen molar-refractivity contribution in [3.05, 3.63) is 264 Å². The Bertz CT molecular complexity index is 3360. The molecule has 0 amide bonds. The molecule has 0 radical (unpaired) electrons. The molecule has 15 nitrogen and oxygen atoms in total. The fourth-order valence-corrected chi connectivity index (χ4v) is 18.7. The van der Waals surface area contributed by atoms with Gasteiger partial charge in [0.1, 0.15) is 54.9 Å². The number of hydrogen-bond donors (Lipinski definition) is 0. The summed E-state index contributed by atoms with van der Waals surface area (Å²) in [4.78, 5) is 15.0. The Labute approximate surface area is 576 Å². The largest absolute Gasteiger partial charge is 0.493 e. The lowest BCUT2D eigenvalue weighted by molar-refractivity contribution is -0.381. The quantitative estimate of drug-likeness (QED) is 0.0278. The van der Waals surface area contributed by atoms with Crippen molar-refractivity contribution in [1.82, 2.24) is 0 Å². The van der Waals surface area contributed by atoms with Gasteiger partial charge >= 0.3 is 5.97 Å². The molecule has 3 aliphatic rings. The molecular formula is C81H100O15Si. The molecule has 0 aromatic heterocycles. The Morgan fingerprint density at radius 2 is 0.732 bits per heavy atom. The topological polar surface area (TPSA) is 146 Å². The molecule has 10 rings (SSSR count). The molecule has 97 heavy (non-hydrogen) atoms. The van der Waals surface area contributed by atoms with Crippen LogP contribution in [0.2, 0.25) is 16.6 Å². The molecule has 7 aromatic carbocycles. The normalized spacial score (nSPS) is 24.5. The van der Waals surface area contributed by atoms with Crippen molar-refractivity contribution in [2.75, 3.05) is 19.8 Å². The minimum atomic E-state index is -2.62. The van der Waals surface area contributed by atoms with E-state index in [9.17, 15) is 4.79 Å². The predicted octanol–water partition coefficient (Wildman–Crippen LogP) is 15.6. The van der Waals surface area contributed by atoms with E-state index in [-0.39, 0.29) is 76.1 Å². The van der Waals surface area contributed by atoms with Crippen molar-refractivity contribution in [2.45, 2.75) is 205 Å². The smallest absolute Gasteiger partial charge is 0.311 e. The average Bonchev–Trinajstić information content (AvgIpc) is 0.775. The zero-order chi connectivity index (χ0) is 68.0. The van der Waals surface area contributed by atoms with Crippen LogP contribution in [0.4, 0.5) is 0 Å². The first-order chi connectivity index (χ1) is 47.1. The highest BCUT2D eigenvalue weighted by Crippen LogP contribution is 2.44. The molecule has 7 aromatic rings. The number of hydrogen-bond acceptors (Lipinski definition) is 15. The van der Waals surface area contributed by atoms with Gasteiger partial charge in [0.15, 0.2) is 33.1 Å². The second-order valence-electron chi connectivity index (χ2n) is 27.3. The lowest BCUT2D eigenvalue weighted by atomic mass is 9.94. The van der Waals surface area contributed by atoms with Crippen molar-refractivity contribution in [2.24, 2.45) is 5.41 Å². The van der Waals surface area contributed by atoms with Gasteiger partial charge in [0.2, 0.25) is 0 Å². The van der Waals surface area contributed by atoms with Crippen LogP contribution in [-0.4, -0.2) is 114 Å². The van der Waals surface area contributed by atoms with E-state index >= 15 is 0 Å². The van der Waals surface area contributed by atoms with E-state index in [1.165, 1.54) is 0 Å². The van der Waals surface area contributed by atoms with Gasteiger partial charge in [-0.3, -0.25) is 4.79 Å². The Morgan fingerprint density at radius 3 is 1.13 bits per heavy atom. The van der Waals surface area contributed by atoms with Crippen molar-refractivity contribution in [3.63, 3.8) is 0 Å². The molecule has 518 valence electrons. The molecule has 3 aliphatic heterocycles. The summed E-state index contributed by atoms with van der Waals surface area (Å²) in [6.45, 7) is 20.6. The molecule has 2 fully saturated rings. The van der Waals surface area contributed by atoms with E-state index in [1.807, 2.05) is 239 Å². The van der Waals surface area contributed by atoms with Crippen molar-refractivity contribution in [1.29, 1.82) is 0 Å². The Morgan fingerprint density at radius 1 is 0.381 bits per heavy atom. The monoisotopic (exact) mass is 1340 g/mol. The standard InChI is InChI=1S/C81H100O15Si/c1-57(2)97(58(3)4,59(5)6)92-56-70-73(88-51-64-39-25-14-26-40-64)75(90-53-66-43-29-16-30-44-66)77(96-80(82)81(7,8)9)79(94-70)95-76-74(89-52-65-41-27-15-28-42-65)72(87-50-63-37-23-13-24-38-63)69(54-83-47-60-31-17-10-18-32-60)93-78(76)91-55-68-71(86-49-62-35-21-12-22-36-62)67(45-46-84-68)85-48-61-33-19-11-20-34-61/h10-46,57-59,67-79H,47-56H2,1-9H3/t67-,68-,69-,70-,71+,72-,73+,74+,75+,76-,77-,78-,79+/m1/s1. The lowest BCUT2D eigenvalue weighted by Crippen LogP contribution is -2.67. The highest BCUT2D eigenvalue weighted by Gasteiger charge is 2.57. The Kier molecular flexibility index (Phi) is 27.4. The van der Waals surface area contributed by atoms with Crippen molar-refractivity contribution in [3.8, 4) is 0 Å². The number of benzene rings is 7. The summed E-state index contributed by atoms with van der Waals surface area (Å²) < 4.78 is 100. The van der Waals surface area contributed by atoms with Gasteiger partial charge < -0.3 is 66.0 Å². The number of ether oxygens (including phenoxy) is 13. The van der Waals surface area contributed by atoms with Crippen LogP contribution < -0.4 is 0 Å². The van der Waals surface area contributed by atoms with Crippen molar-refractivity contribution >= 4 is 14.3 Å². The average molecular weight is 1340 g/mol. The minimum absolute atomic E-state index is 0.0567. The zero-order valence-electron chi connectivity index (χ0n) is 57.8. The van der Waals surface area contributed by atoms with Crippen LogP contribution in [0.1, 0.15) is 101 Å². The molecule has 0 aliphatic carbocycles. The van der Waals surface area contributed by atoms with E-state index < -0.39 is 99.4 Å². The molecule has 2 saturated heterocycles. The molecule has 0 saturated carbocycles. The highest BCUT2D eigenvalue weighted by molar-refractivity contribution is 6.77. The maximum Gasteiger partial charge on any atom is 0.311 e. The molecule has 0 unspecified atom stereocenters. The van der Waals surface area contributed by atoms with E-state index in [1.54, 1.807) is 6.26 Å². The Balaban J connectivity index is 1.10. The van der Waals surface area contributed by atoms with E-state index in [4.69, 9.17) is 66.0 Å². The first-order valence-electron chi connectivity index (χ1n) is 34.4. The molecule has 13 atom stereocenters. The summed E-state index contributed by atoms with van der Waals surface area (Å²) in [6.07, 6.45) is -9.17. The van der Waals surface area contributed by atoms with Crippen LogP contribution in [0.3, 0.4) is 0 Å². The van der Waals surface area contributed by atoms with E-state index in [0.717, 1.165) is 38.9 Å². The summed E-state index contributed by atoms with van der Waals surface area (Å²) in [5.41, 5.74) is 6.31. The van der Waals surface area contributed by atoms with Gasteiger partial charge in [-0.1, -0.05) is 254 Å². The highest BCUT2D eigenvalue weighted by atomic mass is 28.4. The first-order valence-corrected chi connectivity index (χ1v) is 36.6. The van der Waals surface area contributed by atoms with Gasteiger partial charge in [0.25, 0.3) is 0 Å². The van der Waals surface area contributed by atoms with Crippen LogP contribution in [0.15, 0.2) is 225 Å². The fraction of sp³-hybridized carbons (Fsp3) is 0.444. The third-order valence-corrected chi connectivity index (χ3v) is 24.4. The number of carbonyl (C=O) groups is 1. The summed E-state index contributed by atoms with van der Waals surface area (Å²) in [7, 11) is -2.62.